The maximum Gasteiger partial charge on any atom is 0.296 e. The van der Waals surface area contributed by atoms with Gasteiger partial charge in [0, 0.05) is 11.8 Å². The number of hydrogen-bond donors (Lipinski definition) is 9. The molecule has 0 aliphatic rings. The van der Waals surface area contributed by atoms with Crippen molar-refractivity contribution >= 4 is 113 Å². The summed E-state index contributed by atoms with van der Waals surface area (Å²) in [7, 11) is -25.2. The summed E-state index contributed by atoms with van der Waals surface area (Å²) in [5.41, 5.74) is 2.73. The first-order valence-corrected chi connectivity index (χ1v) is 21.3. The van der Waals surface area contributed by atoms with Crippen molar-refractivity contribution in [2.75, 3.05) is 16.4 Å². The smallest absolute Gasteiger partial charge is 0.296 e. The normalized spacial score (nSPS) is 13.0. The number of fused-ring (bicyclic) bond motifs is 1. The van der Waals surface area contributed by atoms with E-state index >= 15 is 0 Å². The van der Waals surface area contributed by atoms with Gasteiger partial charge >= 0.3 is 0 Å². The summed E-state index contributed by atoms with van der Waals surface area (Å²) in [6, 6.07) is 6.57. The number of anilines is 5. The van der Waals surface area contributed by atoms with Gasteiger partial charge in [0.1, 0.15) is 31.8 Å². The van der Waals surface area contributed by atoms with Gasteiger partial charge in [-0.3, -0.25) is 22.8 Å². The van der Waals surface area contributed by atoms with Gasteiger partial charge in [-0.05, 0) is 65.5 Å². The zero-order valence-electron chi connectivity index (χ0n) is 26.2. The molecular weight excluding hydrogens is 864 g/mol. The second-order valence-corrected chi connectivity index (χ2v) is 17.9. The van der Waals surface area contributed by atoms with Crippen molar-refractivity contribution in [1.82, 2.24) is 15.0 Å². The maximum absolute atomic E-state index is 12.4. The summed E-state index contributed by atoms with van der Waals surface area (Å²) in [6.45, 7) is 0. The number of rotatable bonds is 11. The van der Waals surface area contributed by atoms with E-state index in [9.17, 15) is 70.0 Å². The lowest BCUT2D eigenvalue weighted by molar-refractivity contribution is 0.471. The van der Waals surface area contributed by atoms with Crippen molar-refractivity contribution in [3.63, 3.8) is 0 Å². The van der Waals surface area contributed by atoms with Gasteiger partial charge in [0.25, 0.3) is 50.6 Å². The molecule has 0 radical (unpaired) electrons. The van der Waals surface area contributed by atoms with Crippen LogP contribution in [0.5, 0.6) is 5.75 Å². The topological polar surface area (TPSA) is 406 Å². The standard InChI is InChI=1S/C25H19ClN8O16S5/c26-23-30-24(32-25(31-23)29-15-8-12(51(36,37)38)2-4-17(15)53(42,43)44)28-11-1-3-14(18(7-11)54(45,46)47)33-34-22-20-10(6-19(21(22)27)55(48,49)50)5-13(9-16(20)35)52(39,40)41/h1-9,35H,27H2,(H,36,37,38)(H,39,40,41)(H,42,43,44)(H,45,46,47)(H,48,49,50)(H2,28,29,30,31,32)/b34-33+. The molecule has 0 saturated carbocycles. The highest BCUT2D eigenvalue weighted by Gasteiger charge is 2.25. The van der Waals surface area contributed by atoms with Crippen LogP contribution in [0.1, 0.15) is 0 Å². The third-order valence-corrected chi connectivity index (χ3v) is 11.4. The second kappa shape index (κ2) is 14.1. The summed E-state index contributed by atoms with van der Waals surface area (Å²) >= 11 is 5.95. The van der Waals surface area contributed by atoms with Gasteiger partial charge in [0.2, 0.25) is 17.2 Å². The number of benzene rings is 4. The van der Waals surface area contributed by atoms with E-state index in [2.05, 4.69) is 35.8 Å². The van der Waals surface area contributed by atoms with Crippen molar-refractivity contribution in [2.45, 2.75) is 24.5 Å². The van der Waals surface area contributed by atoms with E-state index in [0.29, 0.717) is 36.4 Å². The number of nitrogens with one attached hydrogen (secondary N) is 2. The monoisotopic (exact) mass is 882 g/mol. The Morgan fingerprint density at radius 2 is 1.18 bits per heavy atom. The Labute approximate surface area is 313 Å². The minimum atomic E-state index is -5.21. The highest BCUT2D eigenvalue weighted by molar-refractivity contribution is 7.87. The van der Waals surface area contributed by atoms with Gasteiger partial charge in [-0.15, -0.1) is 10.2 Å². The van der Waals surface area contributed by atoms with Crippen LogP contribution in [-0.2, 0) is 50.6 Å². The summed E-state index contributed by atoms with van der Waals surface area (Å²) in [4.78, 5) is 6.71. The lowest BCUT2D eigenvalue weighted by atomic mass is 10.1. The highest BCUT2D eigenvalue weighted by Crippen LogP contribution is 2.44. The molecule has 0 aliphatic heterocycles. The van der Waals surface area contributed by atoms with Crippen LogP contribution < -0.4 is 16.4 Å². The van der Waals surface area contributed by atoms with Crippen LogP contribution in [-0.4, -0.2) is 84.9 Å². The average Bonchev–Trinajstić information content (AvgIpc) is 3.02. The van der Waals surface area contributed by atoms with Gasteiger partial charge in [-0.25, -0.2) is 0 Å². The number of hydrogen-bond acceptors (Lipinski definition) is 19. The molecule has 55 heavy (non-hydrogen) atoms. The predicted molar refractivity (Wildman–Crippen MR) is 188 cm³/mol. The number of nitrogens with two attached hydrogens (primary N) is 1. The number of aromatic hydroxyl groups is 1. The molecule has 10 N–H and O–H groups in total. The Morgan fingerprint density at radius 3 is 1.75 bits per heavy atom. The molecule has 24 nitrogen and oxygen atoms in total. The Kier molecular flexibility index (Phi) is 10.5. The van der Waals surface area contributed by atoms with Gasteiger partial charge in [-0.2, -0.15) is 57.0 Å². The third kappa shape index (κ3) is 9.19. The number of nitrogens with zero attached hydrogens (tertiary/aromatic N) is 5. The largest absolute Gasteiger partial charge is 0.507 e. The van der Waals surface area contributed by atoms with E-state index < -0.39 is 132 Å². The van der Waals surface area contributed by atoms with E-state index in [1.165, 1.54) is 0 Å². The molecule has 5 aromatic rings. The lowest BCUT2D eigenvalue weighted by Crippen LogP contribution is -2.09. The van der Waals surface area contributed by atoms with E-state index in [0.717, 1.165) is 18.2 Å². The van der Waals surface area contributed by atoms with Crippen molar-refractivity contribution in [2.24, 2.45) is 10.2 Å². The van der Waals surface area contributed by atoms with E-state index in [4.69, 9.17) is 17.3 Å². The summed E-state index contributed by atoms with van der Waals surface area (Å²) < 4.78 is 167. The minimum Gasteiger partial charge on any atom is -0.507 e. The molecule has 0 aliphatic carbocycles. The van der Waals surface area contributed by atoms with Gasteiger partial charge in [0.05, 0.1) is 26.6 Å². The number of phenolic OH excluding ortho intramolecular Hbond substituents is 1. The van der Waals surface area contributed by atoms with Gasteiger partial charge < -0.3 is 21.5 Å². The Balaban J connectivity index is 1.57. The number of aromatic nitrogens is 3. The number of nitrogen functional groups attached to an aromatic ring is 1. The molecule has 4 aromatic carbocycles. The van der Waals surface area contributed by atoms with Crippen LogP contribution in [0, 0.1) is 0 Å². The van der Waals surface area contributed by atoms with Crippen LogP contribution >= 0.6 is 11.6 Å². The molecule has 292 valence electrons. The molecule has 0 fully saturated rings. The van der Waals surface area contributed by atoms with E-state index in [1.54, 1.807) is 0 Å². The zero-order valence-corrected chi connectivity index (χ0v) is 31.0. The fourth-order valence-electron chi connectivity index (χ4n) is 4.62. The molecule has 1 heterocycles. The van der Waals surface area contributed by atoms with Crippen LogP contribution in [0.15, 0.2) is 89.3 Å². The van der Waals surface area contributed by atoms with E-state index in [1.807, 2.05) is 0 Å². The number of azo groups is 1. The third-order valence-electron chi connectivity index (χ3n) is 6.87. The van der Waals surface area contributed by atoms with Crippen molar-refractivity contribution in [3.05, 3.63) is 59.9 Å². The first kappa shape index (κ1) is 41.0. The molecule has 30 heteroatoms. The van der Waals surface area contributed by atoms with Crippen molar-refractivity contribution < 1.29 is 70.0 Å². The van der Waals surface area contributed by atoms with Gasteiger partial charge in [0.15, 0.2) is 0 Å². The first-order valence-electron chi connectivity index (χ1n) is 13.7. The first-order chi connectivity index (χ1) is 25.1. The Bertz CT molecular complexity index is 3060. The number of phenols is 1. The molecule has 0 spiro atoms. The quantitative estimate of drug-likeness (QED) is 0.0522. The molecule has 0 saturated heterocycles. The molecule has 0 unspecified atom stereocenters. The molecule has 0 atom stereocenters. The zero-order chi connectivity index (χ0) is 41.1. The number of halogens is 1. The van der Waals surface area contributed by atoms with Crippen molar-refractivity contribution in [3.8, 4) is 5.75 Å². The Morgan fingerprint density at radius 1 is 0.600 bits per heavy atom. The molecule has 1 aromatic heterocycles. The maximum atomic E-state index is 12.4. The molecule has 0 amide bonds. The second-order valence-electron chi connectivity index (χ2n) is 10.6. The SMILES string of the molecule is Nc1c(S(=O)(=O)O)cc2cc(S(=O)(=O)O)cc(O)c2c1/N=N/c1ccc(Nc2nc(Cl)nc(Nc3cc(S(=O)(=O)O)ccc3S(=O)(=O)O)n2)cc1S(=O)(=O)O. The lowest BCUT2D eigenvalue weighted by Gasteiger charge is -2.13. The van der Waals surface area contributed by atoms with Crippen molar-refractivity contribution in [1.29, 1.82) is 0 Å². The molecule has 0 bridgehead atoms. The van der Waals surface area contributed by atoms with E-state index in [-0.39, 0.29) is 5.69 Å². The van der Waals surface area contributed by atoms with Crippen LogP contribution in [0.4, 0.5) is 40.3 Å². The summed E-state index contributed by atoms with van der Waals surface area (Å²) in [6.07, 6.45) is 0. The Hall–Kier alpha value is -5.21. The summed E-state index contributed by atoms with van der Waals surface area (Å²) in [5, 5.41) is 21.3. The minimum absolute atomic E-state index is 0.236. The fraction of sp³-hybridized carbons (Fsp3) is 0. The van der Waals surface area contributed by atoms with Crippen LogP contribution in [0.2, 0.25) is 5.28 Å². The summed E-state index contributed by atoms with van der Waals surface area (Å²) in [5.74, 6) is -2.03. The van der Waals surface area contributed by atoms with Crippen LogP contribution in [0.25, 0.3) is 10.8 Å². The average molecular weight is 883 g/mol. The van der Waals surface area contributed by atoms with Gasteiger partial charge in [-0.1, -0.05) is 0 Å². The predicted octanol–water partition coefficient (Wildman–Crippen LogP) is 3.10. The molecule has 5 rings (SSSR count). The molecular formula is C25H19ClN8O16S5. The fourth-order valence-corrected chi connectivity index (χ4v) is 7.75. The highest BCUT2D eigenvalue weighted by atomic mass is 35.5. The van der Waals surface area contributed by atoms with Crippen LogP contribution in [0.3, 0.4) is 0 Å².